The molecule has 3 aliphatic heterocycles. The standard InChI is InChI=1S/C33H36N4O6/c1-34-30(40)33(31(41)35(2)32(34)42,21-36-17-23-15-25(19-36)27-9-6-10-29(39)37(27)18-23)16-22-11-13-26(14-12-22)43-20-28(38)24-7-4-3-5-8-24/h3-14,23,25,28,38H,15-21H2,1-2H3/t23-,25+,28+/m0/s1. The van der Waals surface area contributed by atoms with Crippen molar-refractivity contribution < 1.29 is 24.2 Å². The van der Waals surface area contributed by atoms with E-state index >= 15 is 0 Å². The van der Waals surface area contributed by atoms with E-state index in [9.17, 15) is 24.3 Å². The number of fused-ring (bicyclic) bond motifs is 4. The summed E-state index contributed by atoms with van der Waals surface area (Å²) in [6.45, 7) is 2.11. The fraction of sp³-hybridized carbons (Fsp3) is 0.394. The minimum Gasteiger partial charge on any atom is -0.491 e. The average Bonchev–Trinajstić information content (AvgIpc) is 3.02. The minimum absolute atomic E-state index is 0.00137. The predicted molar refractivity (Wildman–Crippen MR) is 158 cm³/mol. The number of ether oxygens (including phenoxy) is 1. The molecule has 0 saturated carbocycles. The molecule has 3 atom stereocenters. The molecular formula is C33H36N4O6. The molecule has 6 rings (SSSR count). The number of likely N-dealkylation sites (tertiary alicyclic amines) is 1. The van der Waals surface area contributed by atoms with Gasteiger partial charge >= 0.3 is 6.03 Å². The van der Waals surface area contributed by atoms with Crippen LogP contribution in [0.5, 0.6) is 5.75 Å². The zero-order chi connectivity index (χ0) is 30.3. The number of barbiturate groups is 1. The number of aliphatic hydroxyl groups is 1. The van der Waals surface area contributed by atoms with E-state index in [1.165, 1.54) is 14.1 Å². The molecule has 3 aliphatic rings. The first-order valence-corrected chi connectivity index (χ1v) is 14.6. The summed E-state index contributed by atoms with van der Waals surface area (Å²) in [6, 6.07) is 21.1. The Morgan fingerprint density at radius 2 is 1.56 bits per heavy atom. The van der Waals surface area contributed by atoms with Gasteiger partial charge in [0.1, 0.15) is 23.9 Å². The maximum absolute atomic E-state index is 13.9. The van der Waals surface area contributed by atoms with Gasteiger partial charge in [0, 0.05) is 58.0 Å². The molecule has 1 N–H and O–H groups in total. The molecule has 2 saturated heterocycles. The molecule has 1 aromatic heterocycles. The summed E-state index contributed by atoms with van der Waals surface area (Å²) < 4.78 is 7.66. The number of imide groups is 2. The molecule has 2 bridgehead atoms. The molecule has 3 aromatic rings. The molecule has 224 valence electrons. The first-order valence-electron chi connectivity index (χ1n) is 14.6. The van der Waals surface area contributed by atoms with Crippen molar-refractivity contribution in [3.63, 3.8) is 0 Å². The molecule has 0 radical (unpaired) electrons. The Hall–Kier alpha value is -4.28. The van der Waals surface area contributed by atoms with Crippen molar-refractivity contribution in [1.29, 1.82) is 0 Å². The lowest BCUT2D eigenvalue weighted by Gasteiger charge is -2.48. The summed E-state index contributed by atoms with van der Waals surface area (Å²) in [7, 11) is 2.84. The van der Waals surface area contributed by atoms with Crippen molar-refractivity contribution in [3.05, 3.63) is 100.0 Å². The van der Waals surface area contributed by atoms with Gasteiger partial charge in [0.2, 0.25) is 11.8 Å². The van der Waals surface area contributed by atoms with Crippen LogP contribution in [-0.4, -0.2) is 82.6 Å². The second-order valence-electron chi connectivity index (χ2n) is 12.0. The number of amides is 4. The van der Waals surface area contributed by atoms with E-state index in [1.807, 2.05) is 53.1 Å². The van der Waals surface area contributed by atoms with Crippen LogP contribution in [0.3, 0.4) is 0 Å². The highest BCUT2D eigenvalue weighted by Crippen LogP contribution is 2.39. The van der Waals surface area contributed by atoms with Gasteiger partial charge in [-0.1, -0.05) is 48.5 Å². The fourth-order valence-corrected chi connectivity index (χ4v) is 6.98. The normalized spacial score (nSPS) is 22.3. The van der Waals surface area contributed by atoms with Crippen LogP contribution in [0.2, 0.25) is 0 Å². The van der Waals surface area contributed by atoms with Gasteiger partial charge < -0.3 is 19.3 Å². The maximum atomic E-state index is 13.9. The number of hydrogen-bond donors (Lipinski definition) is 1. The summed E-state index contributed by atoms with van der Waals surface area (Å²) >= 11 is 0. The van der Waals surface area contributed by atoms with Crippen molar-refractivity contribution in [1.82, 2.24) is 19.3 Å². The lowest BCUT2D eigenvalue weighted by Crippen LogP contribution is -2.67. The summed E-state index contributed by atoms with van der Waals surface area (Å²) in [5, 5.41) is 10.4. The monoisotopic (exact) mass is 584 g/mol. The number of carbonyl (C=O) groups is 3. The fourth-order valence-electron chi connectivity index (χ4n) is 6.98. The lowest BCUT2D eigenvalue weighted by molar-refractivity contribution is -0.159. The van der Waals surface area contributed by atoms with Crippen LogP contribution in [0.15, 0.2) is 77.6 Å². The Bertz CT molecular complexity index is 1560. The third-order valence-corrected chi connectivity index (χ3v) is 9.07. The van der Waals surface area contributed by atoms with E-state index in [-0.39, 0.29) is 37.0 Å². The number of carbonyl (C=O) groups excluding carboxylic acids is 3. The van der Waals surface area contributed by atoms with Crippen LogP contribution in [0.4, 0.5) is 4.79 Å². The number of piperidine rings is 1. The summed E-state index contributed by atoms with van der Waals surface area (Å²) in [4.78, 5) is 57.2. The zero-order valence-electron chi connectivity index (χ0n) is 24.4. The second-order valence-corrected chi connectivity index (χ2v) is 12.0. The number of hydrogen-bond acceptors (Lipinski definition) is 7. The van der Waals surface area contributed by atoms with Gasteiger partial charge in [-0.25, -0.2) is 4.79 Å². The Labute approximate surface area is 250 Å². The van der Waals surface area contributed by atoms with Gasteiger partial charge in [-0.15, -0.1) is 0 Å². The average molecular weight is 585 g/mol. The molecule has 4 heterocycles. The lowest BCUT2D eigenvalue weighted by atomic mass is 9.75. The van der Waals surface area contributed by atoms with E-state index in [0.29, 0.717) is 25.4 Å². The largest absolute Gasteiger partial charge is 0.491 e. The maximum Gasteiger partial charge on any atom is 0.332 e. The number of aliphatic hydroxyl groups excluding tert-OH is 1. The van der Waals surface area contributed by atoms with Gasteiger partial charge in [0.05, 0.1) is 0 Å². The molecule has 0 unspecified atom stereocenters. The zero-order valence-corrected chi connectivity index (χ0v) is 24.4. The first kappa shape index (κ1) is 28.8. The topological polar surface area (TPSA) is 112 Å². The molecule has 10 nitrogen and oxygen atoms in total. The molecule has 43 heavy (non-hydrogen) atoms. The summed E-state index contributed by atoms with van der Waals surface area (Å²) in [5.41, 5.74) is 1.00. The summed E-state index contributed by atoms with van der Waals surface area (Å²) in [5.74, 6) is -0.140. The van der Waals surface area contributed by atoms with E-state index in [1.54, 1.807) is 24.3 Å². The van der Waals surface area contributed by atoms with Gasteiger partial charge in [-0.05, 0) is 48.1 Å². The third kappa shape index (κ3) is 5.36. The highest BCUT2D eigenvalue weighted by molar-refractivity contribution is 6.19. The number of pyridine rings is 1. The number of benzene rings is 2. The molecule has 4 amide bonds. The van der Waals surface area contributed by atoms with Crippen molar-refractivity contribution in [3.8, 4) is 5.75 Å². The van der Waals surface area contributed by atoms with E-state index in [4.69, 9.17) is 4.74 Å². The van der Waals surface area contributed by atoms with Crippen LogP contribution in [0.25, 0.3) is 0 Å². The van der Waals surface area contributed by atoms with Crippen LogP contribution in [0, 0.1) is 11.3 Å². The SMILES string of the molecule is CN1C(=O)N(C)C(=O)C(Cc2ccc(OC[C@@H](O)c3ccccc3)cc2)(CN2C[C@@H]3C[C@H](C2)c2cccc(=O)n2C3)C1=O. The van der Waals surface area contributed by atoms with Crippen LogP contribution in [0.1, 0.15) is 35.3 Å². The van der Waals surface area contributed by atoms with Gasteiger partial charge in [-0.3, -0.25) is 24.2 Å². The minimum atomic E-state index is -1.49. The highest BCUT2D eigenvalue weighted by atomic mass is 16.5. The second kappa shape index (κ2) is 11.4. The van der Waals surface area contributed by atoms with Crippen LogP contribution in [-0.2, 0) is 22.6 Å². The summed E-state index contributed by atoms with van der Waals surface area (Å²) in [6.07, 6.45) is 0.287. The Morgan fingerprint density at radius 1 is 0.860 bits per heavy atom. The van der Waals surface area contributed by atoms with Crippen molar-refractivity contribution in [2.75, 3.05) is 40.3 Å². The smallest absolute Gasteiger partial charge is 0.332 e. The Kier molecular flexibility index (Phi) is 7.66. The number of aromatic nitrogens is 1. The Balaban J connectivity index is 1.23. The molecule has 10 heteroatoms. The highest BCUT2D eigenvalue weighted by Gasteiger charge is 2.56. The van der Waals surface area contributed by atoms with Gasteiger partial charge in [-0.2, -0.15) is 0 Å². The van der Waals surface area contributed by atoms with Crippen molar-refractivity contribution in [2.45, 2.75) is 31.4 Å². The van der Waals surface area contributed by atoms with E-state index < -0.39 is 29.4 Å². The number of rotatable bonds is 8. The van der Waals surface area contributed by atoms with Crippen molar-refractivity contribution in [2.24, 2.45) is 11.3 Å². The number of nitrogens with zero attached hydrogens (tertiary/aromatic N) is 4. The number of urea groups is 1. The molecule has 2 aromatic carbocycles. The third-order valence-electron chi connectivity index (χ3n) is 9.07. The first-order chi connectivity index (χ1) is 20.7. The van der Waals surface area contributed by atoms with E-state index in [2.05, 4.69) is 4.90 Å². The van der Waals surface area contributed by atoms with Crippen LogP contribution >= 0.6 is 0 Å². The van der Waals surface area contributed by atoms with Crippen molar-refractivity contribution >= 4 is 17.8 Å². The molecule has 2 fully saturated rings. The van der Waals surface area contributed by atoms with Crippen LogP contribution < -0.4 is 10.3 Å². The molecular weight excluding hydrogens is 548 g/mol. The van der Waals surface area contributed by atoms with E-state index in [0.717, 1.165) is 33.0 Å². The predicted octanol–water partition coefficient (Wildman–Crippen LogP) is 2.66. The molecule has 0 aliphatic carbocycles. The van der Waals surface area contributed by atoms with Gasteiger partial charge in [0.15, 0.2) is 0 Å². The molecule has 0 spiro atoms. The van der Waals surface area contributed by atoms with Gasteiger partial charge in [0.25, 0.3) is 5.56 Å². The Morgan fingerprint density at radius 3 is 2.26 bits per heavy atom. The quantitative estimate of drug-likeness (QED) is 0.405.